The third-order valence-electron chi connectivity index (χ3n) is 4.19. The molecule has 26 heavy (non-hydrogen) atoms. The van der Waals surface area contributed by atoms with Gasteiger partial charge in [-0.1, -0.05) is 6.07 Å². The number of benzene rings is 1. The summed E-state index contributed by atoms with van der Waals surface area (Å²) >= 11 is 2.28. The van der Waals surface area contributed by atoms with Crippen molar-refractivity contribution >= 4 is 55.2 Å². The van der Waals surface area contributed by atoms with Crippen LogP contribution in [0.3, 0.4) is 0 Å². The molecule has 11 heteroatoms. The highest BCUT2D eigenvalue weighted by Gasteiger charge is 2.40. The minimum atomic E-state index is -3.86. The normalized spacial score (nSPS) is 18.4. The Morgan fingerprint density at radius 3 is 2.96 bits per heavy atom. The van der Waals surface area contributed by atoms with E-state index in [1.54, 1.807) is 12.1 Å². The number of hydrogen-bond acceptors (Lipinski definition) is 8. The summed E-state index contributed by atoms with van der Waals surface area (Å²) in [5.74, 6) is -0.357. The molecular weight excluding hydrogens is 394 g/mol. The van der Waals surface area contributed by atoms with Crippen LogP contribution >= 0.6 is 23.1 Å². The molecule has 0 radical (unpaired) electrons. The van der Waals surface area contributed by atoms with Gasteiger partial charge in [0.1, 0.15) is 22.0 Å². The van der Waals surface area contributed by atoms with E-state index in [1.165, 1.54) is 21.7 Å². The third-order valence-corrected chi connectivity index (χ3v) is 7.55. The van der Waals surface area contributed by atoms with Gasteiger partial charge in [0.2, 0.25) is 15.9 Å². The minimum Gasteiger partial charge on any atom is -0.301 e. The van der Waals surface area contributed by atoms with Gasteiger partial charge in [-0.3, -0.25) is 4.79 Å². The molecule has 1 aliphatic heterocycles. The van der Waals surface area contributed by atoms with Crippen LogP contribution in [0, 0.1) is 6.92 Å². The van der Waals surface area contributed by atoms with E-state index < -0.39 is 16.1 Å². The summed E-state index contributed by atoms with van der Waals surface area (Å²) in [5, 5.41) is 5.03. The topological polar surface area (TPSA) is 105 Å². The van der Waals surface area contributed by atoms with Crippen molar-refractivity contribution < 1.29 is 13.2 Å². The fourth-order valence-electron chi connectivity index (χ4n) is 3.01. The smallest absolute Gasteiger partial charge is 0.246 e. The lowest BCUT2D eigenvalue weighted by Gasteiger charge is -2.23. The van der Waals surface area contributed by atoms with Crippen molar-refractivity contribution in [2.75, 3.05) is 11.9 Å². The molecule has 4 rings (SSSR count). The Bertz CT molecular complexity index is 1080. The SMILES string of the molecule is Cc1csc(NC(=O)[C@H]2CCCN2S(=O)(=O)c2cccc3nsnc23)n1. The average Bonchev–Trinajstić information content (AvgIpc) is 3.34. The number of aryl methyl sites for hydroxylation is 1. The van der Waals surface area contributed by atoms with Crippen LogP contribution in [0.25, 0.3) is 11.0 Å². The quantitative estimate of drug-likeness (QED) is 0.708. The first-order chi connectivity index (χ1) is 12.5. The van der Waals surface area contributed by atoms with Crippen molar-refractivity contribution in [1.82, 2.24) is 18.0 Å². The van der Waals surface area contributed by atoms with Gasteiger partial charge in [0.25, 0.3) is 0 Å². The van der Waals surface area contributed by atoms with Crippen LogP contribution in [-0.4, -0.2) is 44.9 Å². The molecular formula is C15H15N5O3S3. The molecule has 3 heterocycles. The van der Waals surface area contributed by atoms with Crippen LogP contribution in [0.5, 0.6) is 0 Å². The van der Waals surface area contributed by atoms with Crippen LogP contribution in [0.1, 0.15) is 18.5 Å². The zero-order chi connectivity index (χ0) is 18.3. The molecule has 1 saturated heterocycles. The van der Waals surface area contributed by atoms with Crippen molar-refractivity contribution in [2.45, 2.75) is 30.7 Å². The second-order valence-electron chi connectivity index (χ2n) is 5.95. The zero-order valence-corrected chi connectivity index (χ0v) is 16.2. The molecule has 0 saturated carbocycles. The van der Waals surface area contributed by atoms with E-state index in [2.05, 4.69) is 19.0 Å². The predicted octanol–water partition coefficient (Wildman–Crippen LogP) is 2.25. The van der Waals surface area contributed by atoms with Crippen molar-refractivity contribution in [1.29, 1.82) is 0 Å². The Kier molecular flexibility index (Phi) is 4.47. The van der Waals surface area contributed by atoms with Crippen molar-refractivity contribution in [2.24, 2.45) is 0 Å². The highest BCUT2D eigenvalue weighted by Crippen LogP contribution is 2.30. The second kappa shape index (κ2) is 6.65. The fraction of sp³-hybridized carbons (Fsp3) is 0.333. The number of nitrogens with one attached hydrogen (secondary N) is 1. The van der Waals surface area contributed by atoms with Crippen LogP contribution < -0.4 is 5.32 Å². The van der Waals surface area contributed by atoms with Crippen LogP contribution in [0.15, 0.2) is 28.5 Å². The first-order valence-electron chi connectivity index (χ1n) is 7.93. The van der Waals surface area contributed by atoms with Crippen molar-refractivity contribution in [3.05, 3.63) is 29.3 Å². The van der Waals surface area contributed by atoms with Gasteiger partial charge in [0, 0.05) is 11.9 Å². The highest BCUT2D eigenvalue weighted by atomic mass is 32.2. The largest absolute Gasteiger partial charge is 0.301 e. The van der Waals surface area contributed by atoms with Gasteiger partial charge in [-0.15, -0.1) is 11.3 Å². The van der Waals surface area contributed by atoms with Gasteiger partial charge < -0.3 is 5.32 Å². The van der Waals surface area contributed by atoms with Gasteiger partial charge in [0.15, 0.2) is 5.13 Å². The molecule has 1 aliphatic rings. The Morgan fingerprint density at radius 1 is 1.35 bits per heavy atom. The molecule has 1 amide bonds. The van der Waals surface area contributed by atoms with E-state index in [1.807, 2.05) is 12.3 Å². The number of aromatic nitrogens is 3. The maximum absolute atomic E-state index is 13.2. The van der Waals surface area contributed by atoms with Gasteiger partial charge in [-0.2, -0.15) is 13.1 Å². The molecule has 1 atom stereocenters. The van der Waals surface area contributed by atoms with Gasteiger partial charge in [-0.25, -0.2) is 13.4 Å². The van der Waals surface area contributed by atoms with E-state index in [4.69, 9.17) is 0 Å². The predicted molar refractivity (Wildman–Crippen MR) is 99.8 cm³/mol. The Hall–Kier alpha value is -1.95. The Balaban J connectivity index is 1.65. The molecule has 0 bridgehead atoms. The standard InChI is InChI=1S/C15H15N5O3S3/c1-9-8-24-15(16-9)17-14(21)11-5-3-7-20(11)26(22,23)12-6-2-4-10-13(12)19-25-18-10/h2,4,6,8,11H,3,5,7H2,1H3,(H,16,17,21)/t11-/m1/s1. The monoisotopic (exact) mass is 409 g/mol. The van der Waals surface area contributed by atoms with E-state index in [0.717, 1.165) is 17.4 Å². The molecule has 136 valence electrons. The molecule has 8 nitrogen and oxygen atoms in total. The van der Waals surface area contributed by atoms with Crippen molar-refractivity contribution in [3.63, 3.8) is 0 Å². The summed E-state index contributed by atoms with van der Waals surface area (Å²) < 4.78 is 35.8. The van der Waals surface area contributed by atoms with Crippen LogP contribution in [0.4, 0.5) is 5.13 Å². The van der Waals surface area contributed by atoms with Crippen LogP contribution in [-0.2, 0) is 14.8 Å². The number of nitrogens with zero attached hydrogens (tertiary/aromatic N) is 4. The summed E-state index contributed by atoms with van der Waals surface area (Å²) in [5.41, 5.74) is 1.69. The molecule has 0 aliphatic carbocycles. The van der Waals surface area contributed by atoms with E-state index in [0.29, 0.717) is 35.6 Å². The fourth-order valence-corrected chi connectivity index (χ4v) is 6.11. The minimum absolute atomic E-state index is 0.0912. The maximum Gasteiger partial charge on any atom is 0.246 e. The number of carbonyl (C=O) groups excluding carboxylic acids is 1. The van der Waals surface area contributed by atoms with Gasteiger partial charge >= 0.3 is 0 Å². The molecule has 0 spiro atoms. The number of amides is 1. The summed E-state index contributed by atoms with van der Waals surface area (Å²) in [6.45, 7) is 2.13. The Labute approximate surface area is 158 Å². The zero-order valence-electron chi connectivity index (χ0n) is 13.7. The molecule has 1 N–H and O–H groups in total. The number of carbonyl (C=O) groups is 1. The van der Waals surface area contributed by atoms with E-state index in [9.17, 15) is 13.2 Å². The number of anilines is 1. The summed E-state index contributed by atoms with van der Waals surface area (Å²) in [6.07, 6.45) is 1.10. The maximum atomic E-state index is 13.2. The third kappa shape index (κ3) is 3.00. The number of rotatable bonds is 4. The molecule has 3 aromatic rings. The first-order valence-corrected chi connectivity index (χ1v) is 11.0. The summed E-state index contributed by atoms with van der Waals surface area (Å²) in [4.78, 5) is 16.9. The summed E-state index contributed by atoms with van der Waals surface area (Å²) in [7, 11) is -3.86. The van der Waals surface area contributed by atoms with Gasteiger partial charge in [-0.05, 0) is 31.9 Å². The number of fused-ring (bicyclic) bond motifs is 1. The molecule has 1 aromatic carbocycles. The number of thiazole rings is 1. The Morgan fingerprint density at radius 2 is 2.19 bits per heavy atom. The van der Waals surface area contributed by atoms with Gasteiger partial charge in [0.05, 0.1) is 17.4 Å². The lowest BCUT2D eigenvalue weighted by molar-refractivity contribution is -0.119. The molecule has 2 aromatic heterocycles. The van der Waals surface area contributed by atoms with Crippen molar-refractivity contribution in [3.8, 4) is 0 Å². The van der Waals surface area contributed by atoms with E-state index in [-0.39, 0.29) is 10.8 Å². The second-order valence-corrected chi connectivity index (χ2v) is 9.19. The first kappa shape index (κ1) is 17.5. The molecule has 1 fully saturated rings. The average molecular weight is 410 g/mol. The molecule has 0 unspecified atom stereocenters. The lowest BCUT2D eigenvalue weighted by atomic mass is 10.2. The number of hydrogen-bond donors (Lipinski definition) is 1. The lowest BCUT2D eigenvalue weighted by Crippen LogP contribution is -2.43. The highest BCUT2D eigenvalue weighted by molar-refractivity contribution is 7.89. The van der Waals surface area contributed by atoms with E-state index >= 15 is 0 Å². The number of sulfonamides is 1. The summed E-state index contributed by atoms with van der Waals surface area (Å²) in [6, 6.07) is 4.11. The van der Waals surface area contributed by atoms with Crippen LogP contribution in [0.2, 0.25) is 0 Å².